The molecule has 1 N–H and O–H groups in total. The first-order valence-electron chi connectivity index (χ1n) is 6.39. The van der Waals surface area contributed by atoms with Gasteiger partial charge in [0.05, 0.1) is 10.9 Å². The number of carbonyl (C=O) groups excluding carboxylic acids is 1. The molecule has 0 aromatic heterocycles. The molecule has 0 amide bonds. The predicted octanol–water partition coefficient (Wildman–Crippen LogP) is 0.925. The van der Waals surface area contributed by atoms with Crippen LogP contribution in [0.25, 0.3) is 0 Å². The van der Waals surface area contributed by atoms with Gasteiger partial charge in [0.2, 0.25) is 0 Å². The zero-order valence-electron chi connectivity index (χ0n) is 11.8. The largest absolute Gasteiger partial charge is 0.546 e. The van der Waals surface area contributed by atoms with Crippen LogP contribution in [-0.2, 0) is 14.8 Å². The molecule has 0 saturated carbocycles. The van der Waals surface area contributed by atoms with Gasteiger partial charge in [0.1, 0.15) is 12.4 Å². The minimum absolute atomic E-state index is 0.0499. The van der Waals surface area contributed by atoms with E-state index in [9.17, 15) is 18.3 Å². The Balaban J connectivity index is 2.12. The molecule has 0 heterocycles. The highest BCUT2D eigenvalue weighted by Crippen LogP contribution is 2.19. The van der Waals surface area contributed by atoms with Gasteiger partial charge in [-0.2, -0.15) is 0 Å². The Hall–Kier alpha value is -2.54. The van der Waals surface area contributed by atoms with Gasteiger partial charge >= 0.3 is 0 Å². The molecule has 0 unspecified atom stereocenters. The summed E-state index contributed by atoms with van der Waals surface area (Å²) in [5.41, 5.74) is 1.49. The van der Waals surface area contributed by atoms with Crippen molar-refractivity contribution in [1.82, 2.24) is 0 Å². The van der Waals surface area contributed by atoms with Gasteiger partial charge in [-0.15, -0.1) is 0 Å². The summed E-state index contributed by atoms with van der Waals surface area (Å²) in [5.74, 6) is -1.10. The molecule has 0 radical (unpaired) electrons. The van der Waals surface area contributed by atoms with E-state index in [1.807, 2.05) is 6.92 Å². The number of anilines is 1. The van der Waals surface area contributed by atoms with E-state index >= 15 is 0 Å². The van der Waals surface area contributed by atoms with Crippen LogP contribution in [0.5, 0.6) is 5.75 Å². The molecule has 116 valence electrons. The van der Waals surface area contributed by atoms with Crippen LogP contribution in [-0.4, -0.2) is 21.0 Å². The Labute approximate surface area is 128 Å². The molecule has 0 atom stereocenters. The lowest BCUT2D eigenvalue weighted by molar-refractivity contribution is -0.307. The van der Waals surface area contributed by atoms with Crippen LogP contribution < -0.4 is 14.6 Å². The van der Waals surface area contributed by atoms with E-state index in [-0.39, 0.29) is 10.6 Å². The normalized spacial score (nSPS) is 11.0. The van der Waals surface area contributed by atoms with Crippen LogP contribution in [0.3, 0.4) is 0 Å². The first kappa shape index (κ1) is 15.8. The monoisotopic (exact) mass is 320 g/mol. The number of nitrogens with one attached hydrogen (secondary N) is 1. The van der Waals surface area contributed by atoms with Crippen molar-refractivity contribution in [3.63, 3.8) is 0 Å². The van der Waals surface area contributed by atoms with E-state index in [2.05, 4.69) is 4.72 Å². The van der Waals surface area contributed by atoms with Crippen molar-refractivity contribution in [2.24, 2.45) is 0 Å². The molecule has 6 nitrogen and oxygen atoms in total. The summed E-state index contributed by atoms with van der Waals surface area (Å²) in [6.45, 7) is 1.32. The van der Waals surface area contributed by atoms with Gasteiger partial charge in [-0.1, -0.05) is 17.7 Å². The van der Waals surface area contributed by atoms with Gasteiger partial charge in [0.15, 0.2) is 0 Å². The number of carboxylic acids is 1. The second-order valence-corrected chi connectivity index (χ2v) is 6.29. The van der Waals surface area contributed by atoms with Crippen LogP contribution in [0, 0.1) is 6.92 Å². The highest BCUT2D eigenvalue weighted by molar-refractivity contribution is 7.92. The van der Waals surface area contributed by atoms with E-state index in [0.717, 1.165) is 5.56 Å². The van der Waals surface area contributed by atoms with Gasteiger partial charge in [0, 0.05) is 5.69 Å². The first-order valence-corrected chi connectivity index (χ1v) is 7.87. The first-order chi connectivity index (χ1) is 10.4. The van der Waals surface area contributed by atoms with Crippen LogP contribution in [0.4, 0.5) is 5.69 Å². The number of benzene rings is 2. The highest BCUT2D eigenvalue weighted by Gasteiger charge is 2.14. The Morgan fingerprint density at radius 1 is 1.09 bits per heavy atom. The second-order valence-electron chi connectivity index (χ2n) is 4.60. The highest BCUT2D eigenvalue weighted by atomic mass is 32.2. The Morgan fingerprint density at radius 2 is 1.68 bits per heavy atom. The third-order valence-corrected chi connectivity index (χ3v) is 4.19. The smallest absolute Gasteiger partial charge is 0.261 e. The number of carbonyl (C=O) groups is 1. The topological polar surface area (TPSA) is 95.5 Å². The van der Waals surface area contributed by atoms with E-state index in [0.29, 0.717) is 5.69 Å². The SMILES string of the molecule is Cc1ccc(NS(=O)(=O)c2ccc(OCC(=O)[O-])cc2)cc1. The maximum absolute atomic E-state index is 12.2. The molecule has 0 fully saturated rings. The standard InChI is InChI=1S/C15H15NO5S/c1-11-2-4-12(5-3-11)16-22(19,20)14-8-6-13(7-9-14)21-10-15(17)18/h2-9,16H,10H2,1H3,(H,17,18)/p-1. The van der Waals surface area contributed by atoms with Gasteiger partial charge in [0.25, 0.3) is 10.0 Å². The van der Waals surface area contributed by atoms with Crippen molar-refractivity contribution in [3.8, 4) is 5.75 Å². The third kappa shape index (κ3) is 4.23. The molecular weight excluding hydrogens is 306 g/mol. The molecule has 0 aliphatic carbocycles. The van der Waals surface area contributed by atoms with E-state index in [4.69, 9.17) is 4.74 Å². The maximum Gasteiger partial charge on any atom is 0.261 e. The van der Waals surface area contributed by atoms with E-state index in [1.165, 1.54) is 24.3 Å². The minimum atomic E-state index is -3.71. The van der Waals surface area contributed by atoms with Crippen molar-refractivity contribution in [1.29, 1.82) is 0 Å². The molecule has 2 aromatic carbocycles. The predicted molar refractivity (Wildman–Crippen MR) is 78.9 cm³/mol. The van der Waals surface area contributed by atoms with Crippen LogP contribution in [0.1, 0.15) is 5.56 Å². The molecule has 7 heteroatoms. The molecule has 2 aromatic rings. The summed E-state index contributed by atoms with van der Waals surface area (Å²) in [5, 5.41) is 10.3. The van der Waals surface area contributed by atoms with Crippen molar-refractivity contribution in [2.75, 3.05) is 11.3 Å². The molecule has 0 spiro atoms. The molecular formula is C15H14NO5S-. The Bertz CT molecular complexity index is 752. The summed E-state index contributed by atoms with van der Waals surface area (Å²) in [7, 11) is -3.71. The molecule has 0 aliphatic rings. The zero-order chi connectivity index (χ0) is 16.2. The molecule has 0 saturated heterocycles. The van der Waals surface area contributed by atoms with E-state index in [1.54, 1.807) is 24.3 Å². The summed E-state index contributed by atoms with van der Waals surface area (Å²) in [4.78, 5) is 10.3. The summed E-state index contributed by atoms with van der Waals surface area (Å²) >= 11 is 0. The van der Waals surface area contributed by atoms with Gasteiger partial charge in [-0.3, -0.25) is 4.72 Å². The zero-order valence-corrected chi connectivity index (χ0v) is 12.6. The number of ether oxygens (including phenoxy) is 1. The van der Waals surface area contributed by atoms with E-state index < -0.39 is 22.6 Å². The van der Waals surface area contributed by atoms with Crippen molar-refractivity contribution in [3.05, 3.63) is 54.1 Å². The Morgan fingerprint density at radius 3 is 2.23 bits per heavy atom. The van der Waals surface area contributed by atoms with Crippen molar-refractivity contribution < 1.29 is 23.1 Å². The fourth-order valence-electron chi connectivity index (χ4n) is 1.69. The summed E-state index contributed by atoms with van der Waals surface area (Å²) in [6, 6.07) is 12.4. The van der Waals surface area contributed by atoms with Gasteiger partial charge < -0.3 is 14.6 Å². The third-order valence-electron chi connectivity index (χ3n) is 2.79. The maximum atomic E-state index is 12.2. The summed E-state index contributed by atoms with van der Waals surface area (Å²) < 4.78 is 31.8. The average Bonchev–Trinajstić information content (AvgIpc) is 2.48. The number of rotatable bonds is 6. The summed E-state index contributed by atoms with van der Waals surface area (Å²) in [6.07, 6.45) is 0. The molecule has 2 rings (SSSR count). The fourth-order valence-corrected chi connectivity index (χ4v) is 2.75. The van der Waals surface area contributed by atoms with Crippen LogP contribution in [0.15, 0.2) is 53.4 Å². The number of aryl methyl sites for hydroxylation is 1. The number of carboxylic acid groups (broad SMARTS) is 1. The number of sulfonamides is 1. The average molecular weight is 320 g/mol. The van der Waals surface area contributed by atoms with Gasteiger partial charge in [-0.05, 0) is 43.3 Å². The molecule has 0 aliphatic heterocycles. The second kappa shape index (κ2) is 6.48. The minimum Gasteiger partial charge on any atom is -0.546 e. The Kier molecular flexibility index (Phi) is 4.67. The quantitative estimate of drug-likeness (QED) is 0.854. The number of aliphatic carboxylic acids is 1. The molecule has 22 heavy (non-hydrogen) atoms. The van der Waals surface area contributed by atoms with Crippen LogP contribution >= 0.6 is 0 Å². The lowest BCUT2D eigenvalue weighted by Gasteiger charge is -2.10. The lowest BCUT2D eigenvalue weighted by atomic mass is 10.2. The van der Waals surface area contributed by atoms with Crippen LogP contribution in [0.2, 0.25) is 0 Å². The van der Waals surface area contributed by atoms with Gasteiger partial charge in [-0.25, -0.2) is 8.42 Å². The van der Waals surface area contributed by atoms with Crippen molar-refractivity contribution in [2.45, 2.75) is 11.8 Å². The fraction of sp³-hybridized carbons (Fsp3) is 0.133. The van der Waals surface area contributed by atoms with Crippen molar-refractivity contribution >= 4 is 21.7 Å². The lowest BCUT2D eigenvalue weighted by Crippen LogP contribution is -2.28. The molecule has 0 bridgehead atoms. The number of hydrogen-bond acceptors (Lipinski definition) is 5. The number of hydrogen-bond donors (Lipinski definition) is 1.